The van der Waals surface area contributed by atoms with E-state index in [4.69, 9.17) is 0 Å². The molecule has 0 spiro atoms. The lowest BCUT2D eigenvalue weighted by atomic mass is 9.96. The molecule has 20 heavy (non-hydrogen) atoms. The van der Waals surface area contributed by atoms with Gasteiger partial charge in [-0.15, -0.1) is 0 Å². The minimum Gasteiger partial charge on any atom is -0.394 e. The smallest absolute Gasteiger partial charge is 0.394 e. The van der Waals surface area contributed by atoms with Gasteiger partial charge in [-0.3, -0.25) is 4.68 Å². The highest BCUT2D eigenvalue weighted by Gasteiger charge is 2.32. The van der Waals surface area contributed by atoms with Gasteiger partial charge in [-0.2, -0.15) is 18.3 Å². The van der Waals surface area contributed by atoms with Gasteiger partial charge in [-0.05, 0) is 19.8 Å². The van der Waals surface area contributed by atoms with Crippen LogP contribution in [-0.2, 0) is 12.7 Å². The quantitative estimate of drug-likeness (QED) is 0.812. The zero-order valence-corrected chi connectivity index (χ0v) is 12.0. The maximum Gasteiger partial charge on any atom is 0.419 e. The van der Waals surface area contributed by atoms with Crippen molar-refractivity contribution in [3.8, 4) is 0 Å². The summed E-state index contributed by atoms with van der Waals surface area (Å²) in [6.45, 7) is 6.24. The molecule has 0 aliphatic carbocycles. The monoisotopic (exact) mass is 293 g/mol. The van der Waals surface area contributed by atoms with Crippen LogP contribution in [0.3, 0.4) is 0 Å². The number of hydrogen-bond acceptors (Lipinski definition) is 3. The normalized spacial score (nSPS) is 15.6. The number of hydrogen-bond donors (Lipinski definition) is 2. The summed E-state index contributed by atoms with van der Waals surface area (Å²) < 4.78 is 38.5. The predicted molar refractivity (Wildman–Crippen MR) is 70.2 cm³/mol. The molecule has 2 N–H and O–H groups in total. The summed E-state index contributed by atoms with van der Waals surface area (Å²) in [6, 6.07) is 0.230. The highest BCUT2D eigenvalue weighted by molar-refractivity contribution is 5.08. The van der Waals surface area contributed by atoms with E-state index in [1.165, 1.54) is 4.68 Å². The van der Waals surface area contributed by atoms with E-state index in [0.717, 1.165) is 12.4 Å². The van der Waals surface area contributed by atoms with Crippen LogP contribution in [-0.4, -0.2) is 33.1 Å². The van der Waals surface area contributed by atoms with Crippen LogP contribution in [0, 0.1) is 0 Å². The van der Waals surface area contributed by atoms with Crippen molar-refractivity contribution in [2.24, 2.45) is 0 Å². The van der Waals surface area contributed by atoms with Crippen LogP contribution >= 0.6 is 0 Å². The third-order valence-electron chi connectivity index (χ3n) is 3.06. The Labute approximate surface area is 117 Å². The van der Waals surface area contributed by atoms with Crippen LogP contribution in [0.15, 0.2) is 12.4 Å². The van der Waals surface area contributed by atoms with E-state index in [1.54, 1.807) is 0 Å². The maximum atomic E-state index is 12.4. The third kappa shape index (κ3) is 5.13. The van der Waals surface area contributed by atoms with Crippen molar-refractivity contribution in [3.05, 3.63) is 18.0 Å². The number of alkyl halides is 3. The average molecular weight is 293 g/mol. The highest BCUT2D eigenvalue weighted by Crippen LogP contribution is 2.28. The molecule has 116 valence electrons. The van der Waals surface area contributed by atoms with Gasteiger partial charge in [0.1, 0.15) is 0 Å². The summed E-state index contributed by atoms with van der Waals surface area (Å²) in [5.74, 6) is 0. The Morgan fingerprint density at radius 1 is 1.40 bits per heavy atom. The fourth-order valence-corrected chi connectivity index (χ4v) is 2.16. The number of aliphatic hydroxyl groups excluding tert-OH is 1. The van der Waals surface area contributed by atoms with Gasteiger partial charge in [0.05, 0.1) is 18.4 Å². The lowest BCUT2D eigenvalue weighted by Crippen LogP contribution is -2.49. The van der Waals surface area contributed by atoms with Crippen LogP contribution in [0.25, 0.3) is 0 Å². The van der Waals surface area contributed by atoms with E-state index in [1.807, 2.05) is 20.8 Å². The molecule has 1 rings (SSSR count). The molecule has 1 heterocycles. The van der Waals surface area contributed by atoms with Crippen molar-refractivity contribution in [2.45, 2.75) is 57.9 Å². The summed E-state index contributed by atoms with van der Waals surface area (Å²) in [4.78, 5) is 0. The van der Waals surface area contributed by atoms with E-state index >= 15 is 0 Å². The van der Waals surface area contributed by atoms with Crippen LogP contribution in [0.1, 0.15) is 39.2 Å². The Kier molecular flexibility index (Phi) is 5.59. The van der Waals surface area contributed by atoms with Crippen molar-refractivity contribution in [3.63, 3.8) is 0 Å². The van der Waals surface area contributed by atoms with Gasteiger partial charge in [-0.1, -0.05) is 13.8 Å². The van der Waals surface area contributed by atoms with Gasteiger partial charge in [0.25, 0.3) is 0 Å². The van der Waals surface area contributed by atoms with Gasteiger partial charge in [0.2, 0.25) is 0 Å². The molecule has 0 bridgehead atoms. The van der Waals surface area contributed by atoms with Gasteiger partial charge in [-0.25, -0.2) is 0 Å². The zero-order chi connectivity index (χ0) is 15.4. The van der Waals surface area contributed by atoms with Crippen molar-refractivity contribution >= 4 is 0 Å². The molecular formula is C13H22F3N3O. The molecular weight excluding hydrogens is 271 g/mol. The van der Waals surface area contributed by atoms with Crippen molar-refractivity contribution in [1.29, 1.82) is 0 Å². The molecule has 0 fully saturated rings. The predicted octanol–water partition coefficient (Wildman–Crippen LogP) is 2.43. The van der Waals surface area contributed by atoms with Crippen molar-refractivity contribution < 1.29 is 18.3 Å². The Morgan fingerprint density at radius 3 is 2.50 bits per heavy atom. The zero-order valence-electron chi connectivity index (χ0n) is 12.0. The Morgan fingerprint density at radius 2 is 2.05 bits per heavy atom. The molecule has 4 nitrogen and oxygen atoms in total. The standard InChI is InChI=1S/C13H22F3N3O/c1-10(2)18-12(3,9-20)5-4-6-19-8-11(7-17-19)13(14,15)16/h7-8,10,18,20H,4-6,9H2,1-3H3. The Balaban J connectivity index is 2.49. The summed E-state index contributed by atoms with van der Waals surface area (Å²) in [5.41, 5.74) is -1.16. The van der Waals surface area contributed by atoms with E-state index in [0.29, 0.717) is 19.4 Å². The summed E-state index contributed by atoms with van der Waals surface area (Å²) >= 11 is 0. The topological polar surface area (TPSA) is 50.1 Å². The largest absolute Gasteiger partial charge is 0.419 e. The second-order valence-electron chi connectivity index (χ2n) is 5.61. The first-order valence-electron chi connectivity index (χ1n) is 6.64. The van der Waals surface area contributed by atoms with Gasteiger partial charge in [0, 0.05) is 24.3 Å². The second-order valence-corrected chi connectivity index (χ2v) is 5.61. The third-order valence-corrected chi connectivity index (χ3v) is 3.06. The van der Waals surface area contributed by atoms with E-state index in [-0.39, 0.29) is 12.6 Å². The molecule has 1 unspecified atom stereocenters. The number of aliphatic hydroxyl groups is 1. The van der Waals surface area contributed by atoms with Crippen LogP contribution in [0.2, 0.25) is 0 Å². The molecule has 0 amide bonds. The van der Waals surface area contributed by atoms with Crippen molar-refractivity contribution in [2.75, 3.05) is 6.61 Å². The lowest BCUT2D eigenvalue weighted by molar-refractivity contribution is -0.137. The highest BCUT2D eigenvalue weighted by atomic mass is 19.4. The number of rotatable bonds is 7. The number of aromatic nitrogens is 2. The molecule has 7 heteroatoms. The number of aryl methyl sites for hydroxylation is 1. The van der Waals surface area contributed by atoms with Gasteiger partial charge < -0.3 is 10.4 Å². The number of nitrogens with one attached hydrogen (secondary N) is 1. The fraction of sp³-hybridized carbons (Fsp3) is 0.769. The minimum absolute atomic E-state index is 0.0158. The Bertz CT molecular complexity index is 417. The molecule has 0 aromatic carbocycles. The van der Waals surface area contributed by atoms with E-state index in [2.05, 4.69) is 10.4 Å². The SMILES string of the molecule is CC(C)NC(C)(CO)CCCn1cc(C(F)(F)F)cn1. The molecule has 0 saturated carbocycles. The first kappa shape index (κ1) is 17.0. The summed E-state index contributed by atoms with van der Waals surface area (Å²) in [7, 11) is 0. The second kappa shape index (κ2) is 6.58. The first-order valence-corrected chi connectivity index (χ1v) is 6.64. The van der Waals surface area contributed by atoms with Crippen LogP contribution in [0.4, 0.5) is 13.2 Å². The van der Waals surface area contributed by atoms with Gasteiger partial charge in [0.15, 0.2) is 0 Å². The summed E-state index contributed by atoms with van der Waals surface area (Å²) in [6.07, 6.45) is -1.22. The maximum absolute atomic E-state index is 12.4. The number of halogens is 3. The lowest BCUT2D eigenvalue weighted by Gasteiger charge is -2.31. The molecule has 0 saturated heterocycles. The summed E-state index contributed by atoms with van der Waals surface area (Å²) in [5, 5.41) is 16.4. The van der Waals surface area contributed by atoms with E-state index < -0.39 is 17.3 Å². The Hall–Kier alpha value is -1.08. The molecule has 0 aliphatic rings. The van der Waals surface area contributed by atoms with Gasteiger partial charge >= 0.3 is 6.18 Å². The fourth-order valence-electron chi connectivity index (χ4n) is 2.16. The first-order chi connectivity index (χ1) is 9.16. The molecule has 0 radical (unpaired) electrons. The molecule has 0 aliphatic heterocycles. The van der Waals surface area contributed by atoms with E-state index in [9.17, 15) is 18.3 Å². The minimum atomic E-state index is -4.35. The number of nitrogens with zero attached hydrogens (tertiary/aromatic N) is 2. The molecule has 1 aromatic heterocycles. The van der Waals surface area contributed by atoms with Crippen molar-refractivity contribution in [1.82, 2.24) is 15.1 Å². The average Bonchev–Trinajstić information content (AvgIpc) is 2.76. The molecule has 1 atom stereocenters. The van der Waals surface area contributed by atoms with Crippen LogP contribution in [0.5, 0.6) is 0 Å². The van der Waals surface area contributed by atoms with Crippen LogP contribution < -0.4 is 5.32 Å². The molecule has 1 aromatic rings.